The van der Waals surface area contributed by atoms with Crippen LogP contribution in [0, 0.1) is 5.92 Å². The zero-order valence-electron chi connectivity index (χ0n) is 12.2. The van der Waals surface area contributed by atoms with Gasteiger partial charge in [-0.2, -0.15) is 0 Å². The van der Waals surface area contributed by atoms with E-state index in [0.29, 0.717) is 0 Å². The van der Waals surface area contributed by atoms with E-state index in [1.807, 2.05) is 18.7 Å². The van der Waals surface area contributed by atoms with E-state index in [-0.39, 0.29) is 30.5 Å². The molecule has 0 aromatic heterocycles. The van der Waals surface area contributed by atoms with Crippen LogP contribution < -0.4 is 5.32 Å². The van der Waals surface area contributed by atoms with Crippen molar-refractivity contribution < 1.29 is 14.7 Å². The standard InChI is InChI=1S/C14H26N2O3/c1-10(2)12(9-13(17)18)15-14(19)16-8-6-4-5-7-11(16)3/h10-12H,4-9H2,1-3H3,(H,15,19)(H,17,18). The minimum absolute atomic E-state index is 0.0222. The Morgan fingerprint density at radius 2 is 2.00 bits per heavy atom. The Morgan fingerprint density at radius 3 is 2.58 bits per heavy atom. The van der Waals surface area contributed by atoms with E-state index in [1.54, 1.807) is 0 Å². The lowest BCUT2D eigenvalue weighted by Crippen LogP contribution is -2.50. The number of carboxylic acid groups (broad SMARTS) is 1. The van der Waals surface area contributed by atoms with Gasteiger partial charge in [0, 0.05) is 18.6 Å². The highest BCUT2D eigenvalue weighted by Crippen LogP contribution is 2.17. The topological polar surface area (TPSA) is 69.6 Å². The molecule has 2 atom stereocenters. The number of carbonyl (C=O) groups is 2. The molecule has 110 valence electrons. The summed E-state index contributed by atoms with van der Waals surface area (Å²) in [5, 5.41) is 11.8. The van der Waals surface area contributed by atoms with Crippen LogP contribution in [0.25, 0.3) is 0 Å². The number of amides is 2. The third-order valence-electron chi connectivity index (χ3n) is 3.82. The van der Waals surface area contributed by atoms with Crippen molar-refractivity contribution in [3.05, 3.63) is 0 Å². The quantitative estimate of drug-likeness (QED) is 0.824. The van der Waals surface area contributed by atoms with Gasteiger partial charge in [0.05, 0.1) is 6.42 Å². The second-order valence-electron chi connectivity index (χ2n) is 5.79. The maximum absolute atomic E-state index is 12.3. The SMILES string of the molecule is CC(C)C(CC(=O)O)NC(=O)N1CCCCCC1C. The van der Waals surface area contributed by atoms with Crippen LogP contribution >= 0.6 is 0 Å². The van der Waals surface area contributed by atoms with Crippen molar-refractivity contribution in [1.29, 1.82) is 0 Å². The first-order chi connectivity index (χ1) is 8.91. The number of urea groups is 1. The number of hydrogen-bond donors (Lipinski definition) is 2. The predicted octanol–water partition coefficient (Wildman–Crippen LogP) is 2.46. The average Bonchev–Trinajstić information content (AvgIpc) is 2.52. The molecule has 0 bridgehead atoms. The summed E-state index contributed by atoms with van der Waals surface area (Å²) in [4.78, 5) is 25.0. The molecule has 1 fully saturated rings. The van der Waals surface area contributed by atoms with Gasteiger partial charge in [0.2, 0.25) is 0 Å². The number of carboxylic acids is 1. The van der Waals surface area contributed by atoms with Gasteiger partial charge in [-0.05, 0) is 25.7 Å². The number of nitrogens with zero attached hydrogens (tertiary/aromatic N) is 1. The highest BCUT2D eigenvalue weighted by atomic mass is 16.4. The Bertz CT molecular complexity index is 318. The molecule has 1 aliphatic rings. The molecule has 0 aromatic rings. The molecule has 0 saturated carbocycles. The second kappa shape index (κ2) is 7.36. The monoisotopic (exact) mass is 270 g/mol. The van der Waals surface area contributed by atoms with Gasteiger partial charge >= 0.3 is 12.0 Å². The summed E-state index contributed by atoms with van der Waals surface area (Å²) in [5.74, 6) is -0.759. The van der Waals surface area contributed by atoms with Gasteiger partial charge in [0.25, 0.3) is 0 Å². The normalized spacial score (nSPS) is 21.9. The molecule has 2 amide bonds. The first-order valence-corrected chi connectivity index (χ1v) is 7.20. The van der Waals surface area contributed by atoms with Crippen molar-refractivity contribution >= 4 is 12.0 Å². The number of carbonyl (C=O) groups excluding carboxylic acids is 1. The Labute approximate surface area is 115 Å². The largest absolute Gasteiger partial charge is 0.481 e. The van der Waals surface area contributed by atoms with E-state index in [0.717, 1.165) is 32.2 Å². The lowest BCUT2D eigenvalue weighted by molar-refractivity contribution is -0.137. The third-order valence-corrected chi connectivity index (χ3v) is 3.82. The summed E-state index contributed by atoms with van der Waals surface area (Å²) in [7, 11) is 0. The molecule has 19 heavy (non-hydrogen) atoms. The molecule has 2 unspecified atom stereocenters. The first-order valence-electron chi connectivity index (χ1n) is 7.20. The summed E-state index contributed by atoms with van der Waals surface area (Å²) in [6.07, 6.45) is 4.36. The van der Waals surface area contributed by atoms with Gasteiger partial charge < -0.3 is 15.3 Å². The molecule has 1 rings (SSSR count). The van der Waals surface area contributed by atoms with Crippen LogP contribution in [0.2, 0.25) is 0 Å². The Hall–Kier alpha value is -1.26. The van der Waals surface area contributed by atoms with Gasteiger partial charge in [-0.3, -0.25) is 4.79 Å². The van der Waals surface area contributed by atoms with E-state index in [4.69, 9.17) is 5.11 Å². The maximum Gasteiger partial charge on any atom is 0.317 e. The average molecular weight is 270 g/mol. The van der Waals surface area contributed by atoms with E-state index >= 15 is 0 Å². The summed E-state index contributed by atoms with van der Waals surface area (Å²) in [6, 6.07) is -0.185. The predicted molar refractivity (Wildman–Crippen MR) is 74.0 cm³/mol. The van der Waals surface area contributed by atoms with Crippen molar-refractivity contribution in [2.45, 2.75) is 65.0 Å². The molecular weight excluding hydrogens is 244 g/mol. The molecule has 1 heterocycles. The molecule has 5 nitrogen and oxygen atoms in total. The molecule has 1 aliphatic heterocycles. The number of hydrogen-bond acceptors (Lipinski definition) is 2. The zero-order chi connectivity index (χ0) is 14.4. The van der Waals surface area contributed by atoms with E-state index in [2.05, 4.69) is 12.2 Å². The Morgan fingerprint density at radius 1 is 1.32 bits per heavy atom. The van der Waals surface area contributed by atoms with Gasteiger partial charge in [-0.1, -0.05) is 26.7 Å². The number of nitrogens with one attached hydrogen (secondary N) is 1. The highest BCUT2D eigenvalue weighted by Gasteiger charge is 2.26. The summed E-state index contributed by atoms with van der Waals surface area (Å²) < 4.78 is 0. The fourth-order valence-corrected chi connectivity index (χ4v) is 2.46. The van der Waals surface area contributed by atoms with Gasteiger partial charge in [-0.15, -0.1) is 0 Å². The maximum atomic E-state index is 12.3. The van der Waals surface area contributed by atoms with E-state index < -0.39 is 5.97 Å². The highest BCUT2D eigenvalue weighted by molar-refractivity contribution is 5.76. The second-order valence-corrected chi connectivity index (χ2v) is 5.79. The lowest BCUT2D eigenvalue weighted by atomic mass is 10.0. The molecular formula is C14H26N2O3. The van der Waals surface area contributed by atoms with Crippen molar-refractivity contribution in [2.24, 2.45) is 5.92 Å². The van der Waals surface area contributed by atoms with Crippen LogP contribution in [0.4, 0.5) is 4.79 Å². The van der Waals surface area contributed by atoms with Crippen LogP contribution in [0.3, 0.4) is 0 Å². The fourth-order valence-electron chi connectivity index (χ4n) is 2.46. The minimum atomic E-state index is -0.872. The molecule has 0 radical (unpaired) electrons. The van der Waals surface area contributed by atoms with Crippen LogP contribution in [0.1, 0.15) is 52.9 Å². The summed E-state index contributed by atoms with van der Waals surface area (Å²) >= 11 is 0. The number of aliphatic carboxylic acids is 1. The van der Waals surface area contributed by atoms with Crippen LogP contribution in [-0.2, 0) is 4.79 Å². The van der Waals surface area contributed by atoms with Gasteiger partial charge in [0.15, 0.2) is 0 Å². The zero-order valence-corrected chi connectivity index (χ0v) is 12.2. The van der Waals surface area contributed by atoms with Crippen molar-refractivity contribution in [3.63, 3.8) is 0 Å². The van der Waals surface area contributed by atoms with Crippen LogP contribution in [0.15, 0.2) is 0 Å². The van der Waals surface area contributed by atoms with Crippen molar-refractivity contribution in [2.75, 3.05) is 6.54 Å². The molecule has 0 aromatic carbocycles. The summed E-state index contributed by atoms with van der Waals surface area (Å²) in [5.41, 5.74) is 0. The summed E-state index contributed by atoms with van der Waals surface area (Å²) in [6.45, 7) is 6.69. The molecule has 0 spiro atoms. The Balaban J connectivity index is 2.61. The fraction of sp³-hybridized carbons (Fsp3) is 0.857. The number of likely N-dealkylation sites (tertiary alicyclic amines) is 1. The van der Waals surface area contributed by atoms with Gasteiger partial charge in [-0.25, -0.2) is 4.79 Å². The Kier molecular flexibility index (Phi) is 6.12. The smallest absolute Gasteiger partial charge is 0.317 e. The molecule has 1 saturated heterocycles. The first kappa shape index (κ1) is 15.8. The molecule has 2 N–H and O–H groups in total. The molecule has 5 heteroatoms. The number of rotatable bonds is 4. The van der Waals surface area contributed by atoms with Crippen molar-refractivity contribution in [3.8, 4) is 0 Å². The van der Waals surface area contributed by atoms with Crippen LogP contribution in [-0.4, -0.2) is 40.6 Å². The van der Waals surface area contributed by atoms with Crippen LogP contribution in [0.5, 0.6) is 0 Å². The van der Waals surface area contributed by atoms with E-state index in [9.17, 15) is 9.59 Å². The minimum Gasteiger partial charge on any atom is -0.481 e. The van der Waals surface area contributed by atoms with Gasteiger partial charge in [0.1, 0.15) is 0 Å². The third kappa shape index (κ3) is 5.09. The lowest BCUT2D eigenvalue weighted by Gasteiger charge is -2.30. The van der Waals surface area contributed by atoms with Crippen molar-refractivity contribution in [1.82, 2.24) is 10.2 Å². The van der Waals surface area contributed by atoms with E-state index in [1.165, 1.54) is 0 Å². The molecule has 0 aliphatic carbocycles.